The molecule has 3 aromatic rings. The molecule has 1 amide bonds. The normalized spacial score (nSPS) is 21.1. The molecule has 2 aliphatic rings. The summed E-state index contributed by atoms with van der Waals surface area (Å²) in [4.78, 5) is 26.2. The number of hydrogen-bond acceptors (Lipinski definition) is 8. The number of amides is 1. The van der Waals surface area contributed by atoms with E-state index in [1.165, 1.54) is 11.1 Å². The van der Waals surface area contributed by atoms with Crippen LogP contribution in [0.5, 0.6) is 5.75 Å². The van der Waals surface area contributed by atoms with Crippen molar-refractivity contribution in [2.24, 2.45) is 0 Å². The van der Waals surface area contributed by atoms with Crippen molar-refractivity contribution in [3.63, 3.8) is 0 Å². The summed E-state index contributed by atoms with van der Waals surface area (Å²) < 4.78 is 33.4. The molecular formula is C27H26F2N6O3. The minimum absolute atomic E-state index is 0.0120. The van der Waals surface area contributed by atoms with E-state index in [4.69, 9.17) is 9.72 Å². The van der Waals surface area contributed by atoms with E-state index in [1.54, 1.807) is 31.4 Å². The number of methoxy groups -OCH3 is 1. The Bertz CT molecular complexity index is 1400. The van der Waals surface area contributed by atoms with Gasteiger partial charge in [0.1, 0.15) is 11.7 Å². The number of nitrogens with one attached hydrogen (secondary N) is 1. The Labute approximate surface area is 218 Å². The molecule has 2 N–H and O–H groups in total. The molecule has 1 aliphatic heterocycles. The summed E-state index contributed by atoms with van der Waals surface area (Å²) in [6.07, 6.45) is 4.90. The lowest BCUT2D eigenvalue weighted by atomic mass is 9.90. The molecule has 0 radical (unpaired) electrons. The van der Waals surface area contributed by atoms with Gasteiger partial charge in [-0.1, -0.05) is 6.07 Å². The Hall–Kier alpha value is -4.30. The molecule has 2 aromatic carbocycles. The molecule has 5 rings (SSSR count). The number of halogens is 2. The van der Waals surface area contributed by atoms with Crippen LogP contribution in [-0.2, 0) is 9.53 Å². The molecule has 1 aliphatic carbocycles. The molecule has 1 aromatic heterocycles. The van der Waals surface area contributed by atoms with Crippen molar-refractivity contribution in [1.82, 2.24) is 9.97 Å². The highest BCUT2D eigenvalue weighted by Gasteiger charge is 2.42. The van der Waals surface area contributed by atoms with Gasteiger partial charge in [0.25, 0.3) is 5.91 Å². The largest absolute Gasteiger partial charge is 0.503 e. The molecule has 0 spiro atoms. The number of benzene rings is 2. The number of nitriles is 1. The Morgan fingerprint density at radius 2 is 1.87 bits per heavy atom. The predicted molar refractivity (Wildman–Crippen MR) is 137 cm³/mol. The molecule has 1 atom stereocenters. The first-order chi connectivity index (χ1) is 18.3. The van der Waals surface area contributed by atoms with Crippen LogP contribution in [0.1, 0.15) is 38.2 Å². The van der Waals surface area contributed by atoms with Gasteiger partial charge in [-0.05, 0) is 50.8 Å². The van der Waals surface area contributed by atoms with Gasteiger partial charge in [-0.15, -0.1) is 0 Å². The Kier molecular flexibility index (Phi) is 6.82. The van der Waals surface area contributed by atoms with Crippen LogP contribution in [-0.4, -0.2) is 46.3 Å². The molecule has 0 saturated heterocycles. The Balaban J connectivity index is 1.58. The fourth-order valence-electron chi connectivity index (χ4n) is 5.18. The summed E-state index contributed by atoms with van der Waals surface area (Å²) in [5, 5.41) is 21.6. The third-order valence-corrected chi connectivity index (χ3v) is 7.11. The van der Waals surface area contributed by atoms with Gasteiger partial charge < -0.3 is 20.1 Å². The topological polar surface area (TPSA) is 115 Å². The third kappa shape index (κ3) is 4.59. The number of ether oxygens (including phenoxy) is 1. The van der Waals surface area contributed by atoms with Gasteiger partial charge in [0.2, 0.25) is 5.95 Å². The summed E-state index contributed by atoms with van der Waals surface area (Å²) >= 11 is 0. The number of nitrogens with zero attached hydrogens (tertiary/aromatic N) is 5. The van der Waals surface area contributed by atoms with E-state index in [0.717, 1.165) is 37.8 Å². The number of fused-ring (bicyclic) bond motifs is 1. The van der Waals surface area contributed by atoms with E-state index in [-0.39, 0.29) is 29.7 Å². The molecule has 2 heterocycles. The van der Waals surface area contributed by atoms with Gasteiger partial charge in [-0.25, -0.2) is 13.8 Å². The number of carbonyl (C=O) groups is 1. The van der Waals surface area contributed by atoms with E-state index in [9.17, 15) is 23.9 Å². The zero-order valence-electron chi connectivity index (χ0n) is 20.9. The lowest BCUT2D eigenvalue weighted by Crippen LogP contribution is -2.55. The fraction of sp³-hybridized carbons (Fsp3) is 0.333. The van der Waals surface area contributed by atoms with Crippen LogP contribution in [0.2, 0.25) is 0 Å². The van der Waals surface area contributed by atoms with Crippen LogP contribution in [0.15, 0.2) is 42.6 Å². The SMILES string of the molecule is COC1CCC(N2c3nc(Nc4cc(F)c(O)c(F)c4)ncc3N(c3cccc(C#N)c3)C(=O)[C@H]2C)CC1. The van der Waals surface area contributed by atoms with Crippen LogP contribution >= 0.6 is 0 Å². The van der Waals surface area contributed by atoms with Crippen molar-refractivity contribution in [3.05, 3.63) is 59.8 Å². The molecule has 11 heteroatoms. The number of phenols is 1. The first kappa shape index (κ1) is 25.4. The van der Waals surface area contributed by atoms with Gasteiger partial charge in [0.15, 0.2) is 23.2 Å². The first-order valence-electron chi connectivity index (χ1n) is 12.3. The number of anilines is 5. The zero-order valence-corrected chi connectivity index (χ0v) is 20.9. The van der Waals surface area contributed by atoms with Gasteiger partial charge >= 0.3 is 0 Å². The summed E-state index contributed by atoms with van der Waals surface area (Å²) in [5.41, 5.74) is 1.37. The van der Waals surface area contributed by atoms with E-state index >= 15 is 0 Å². The zero-order chi connectivity index (χ0) is 27.0. The van der Waals surface area contributed by atoms with E-state index in [2.05, 4.69) is 16.4 Å². The maximum absolute atomic E-state index is 13.9. The minimum atomic E-state index is -1.12. The second-order valence-electron chi connectivity index (χ2n) is 9.40. The molecule has 196 valence electrons. The van der Waals surface area contributed by atoms with E-state index in [0.29, 0.717) is 22.8 Å². The fourth-order valence-corrected chi connectivity index (χ4v) is 5.18. The van der Waals surface area contributed by atoms with Gasteiger partial charge in [0, 0.05) is 31.0 Å². The second kappa shape index (κ2) is 10.2. The van der Waals surface area contributed by atoms with Crippen molar-refractivity contribution in [2.45, 2.75) is 50.8 Å². The molecule has 1 fully saturated rings. The van der Waals surface area contributed by atoms with Crippen molar-refractivity contribution in [2.75, 3.05) is 22.2 Å². The third-order valence-electron chi connectivity index (χ3n) is 7.11. The number of rotatable bonds is 5. The van der Waals surface area contributed by atoms with Crippen LogP contribution < -0.4 is 15.1 Å². The molecule has 1 saturated carbocycles. The molecule has 38 heavy (non-hydrogen) atoms. The molecule has 9 nitrogen and oxygen atoms in total. The standard InChI is InChI=1S/C27H26F2N6O3/c1-15-26(37)35(19-5-3-4-16(10-19)13-30)23-14-31-27(32-17-11-21(28)24(36)22(29)12-17)33-25(23)34(15)18-6-8-20(38-2)9-7-18/h3-5,10-12,14-15,18,20,36H,6-9H2,1-2H3,(H,31,32,33)/t15-,18?,20?/m1/s1. The van der Waals surface area contributed by atoms with Crippen molar-refractivity contribution >= 4 is 34.7 Å². The number of aromatic hydroxyl groups is 1. The quantitative estimate of drug-likeness (QED) is 0.457. The molecule has 0 unspecified atom stereocenters. The number of hydrogen-bond donors (Lipinski definition) is 2. The number of phenolic OH excluding ortho intramolecular Hbond substituents is 1. The van der Waals surface area contributed by atoms with Crippen molar-refractivity contribution < 1.29 is 23.4 Å². The maximum Gasteiger partial charge on any atom is 0.254 e. The van der Waals surface area contributed by atoms with Crippen LogP contribution in [0.3, 0.4) is 0 Å². The smallest absolute Gasteiger partial charge is 0.254 e. The summed E-state index contributed by atoms with van der Waals surface area (Å²) in [6.45, 7) is 1.81. The van der Waals surface area contributed by atoms with E-state index < -0.39 is 23.4 Å². The lowest BCUT2D eigenvalue weighted by Gasteiger charge is -2.46. The lowest BCUT2D eigenvalue weighted by molar-refractivity contribution is -0.119. The van der Waals surface area contributed by atoms with Crippen LogP contribution in [0.25, 0.3) is 0 Å². The second-order valence-corrected chi connectivity index (χ2v) is 9.40. The highest BCUT2D eigenvalue weighted by molar-refractivity contribution is 6.10. The Morgan fingerprint density at radius 3 is 2.53 bits per heavy atom. The minimum Gasteiger partial charge on any atom is -0.503 e. The van der Waals surface area contributed by atoms with Crippen LogP contribution in [0, 0.1) is 23.0 Å². The van der Waals surface area contributed by atoms with Gasteiger partial charge in [-0.2, -0.15) is 10.2 Å². The predicted octanol–water partition coefficient (Wildman–Crippen LogP) is 4.91. The van der Waals surface area contributed by atoms with Gasteiger partial charge in [-0.3, -0.25) is 9.69 Å². The van der Waals surface area contributed by atoms with Crippen molar-refractivity contribution in [3.8, 4) is 11.8 Å². The monoisotopic (exact) mass is 520 g/mol. The van der Waals surface area contributed by atoms with Crippen molar-refractivity contribution in [1.29, 1.82) is 5.26 Å². The highest BCUT2D eigenvalue weighted by atomic mass is 19.1. The van der Waals surface area contributed by atoms with Gasteiger partial charge in [0.05, 0.1) is 29.6 Å². The highest BCUT2D eigenvalue weighted by Crippen LogP contribution is 2.43. The average molecular weight is 521 g/mol. The summed E-state index contributed by atoms with van der Waals surface area (Å²) in [6, 6.07) is 10.1. The summed E-state index contributed by atoms with van der Waals surface area (Å²) in [5.74, 6) is -2.95. The average Bonchev–Trinajstić information content (AvgIpc) is 2.93. The molecule has 0 bridgehead atoms. The maximum atomic E-state index is 13.9. The van der Waals surface area contributed by atoms with Crippen LogP contribution in [0.4, 0.5) is 37.6 Å². The Morgan fingerprint density at radius 1 is 1.16 bits per heavy atom. The first-order valence-corrected chi connectivity index (χ1v) is 12.3. The number of aromatic nitrogens is 2. The van der Waals surface area contributed by atoms with E-state index in [1.807, 2.05) is 11.8 Å². The number of carbonyl (C=O) groups excluding carboxylic acids is 1. The molecular weight excluding hydrogens is 494 g/mol. The summed E-state index contributed by atoms with van der Waals surface area (Å²) in [7, 11) is 1.70.